The van der Waals surface area contributed by atoms with Gasteiger partial charge in [-0.15, -0.1) is 39.7 Å². The van der Waals surface area contributed by atoms with Crippen molar-refractivity contribution in [1.82, 2.24) is 0 Å². The summed E-state index contributed by atoms with van der Waals surface area (Å²) >= 11 is 1.46. The molecule has 0 bridgehead atoms. The van der Waals surface area contributed by atoms with Crippen molar-refractivity contribution in [2.24, 2.45) is 11.3 Å². The molecule has 1 aliphatic rings. The number of hydrogen-bond acceptors (Lipinski definition) is 0. The van der Waals surface area contributed by atoms with Gasteiger partial charge in [-0.25, -0.2) is 5.57 Å². The normalized spacial score (nSPS) is 14.4. The summed E-state index contributed by atoms with van der Waals surface area (Å²) in [7, 11) is 0. The van der Waals surface area contributed by atoms with Crippen molar-refractivity contribution in [3.05, 3.63) is 149 Å². The Morgan fingerprint density at radius 3 is 1.29 bits per heavy atom. The molecule has 0 aliphatic heterocycles. The molecular weight excluding hydrogens is 703 g/mol. The van der Waals surface area contributed by atoms with Gasteiger partial charge in [-0.05, 0) is 10.8 Å². The van der Waals surface area contributed by atoms with E-state index in [0.29, 0.717) is 11.3 Å². The van der Waals surface area contributed by atoms with Crippen molar-refractivity contribution < 1.29 is 49.0 Å². The minimum absolute atomic E-state index is 0. The number of fused-ring (bicyclic) bond motifs is 3. The van der Waals surface area contributed by atoms with Gasteiger partial charge in [-0.1, -0.05) is 123 Å². The van der Waals surface area contributed by atoms with Crippen LogP contribution in [-0.2, 0) is 35.1 Å². The molecular formula is C45H52Cl2Zr-2. The Bertz CT molecular complexity index is 1740. The maximum atomic E-state index is 3.40. The molecule has 0 saturated carbocycles. The Morgan fingerprint density at radius 2 is 1.00 bits per heavy atom. The molecule has 3 heteroatoms. The van der Waals surface area contributed by atoms with Crippen LogP contribution in [0.25, 0.3) is 21.5 Å². The van der Waals surface area contributed by atoms with E-state index in [9.17, 15) is 0 Å². The monoisotopic (exact) mass is 752 g/mol. The summed E-state index contributed by atoms with van der Waals surface area (Å²) in [6.45, 7) is 24.8. The van der Waals surface area contributed by atoms with Gasteiger partial charge >= 0.3 is 99.2 Å². The first-order chi connectivity index (χ1) is 21.4. The van der Waals surface area contributed by atoms with Gasteiger partial charge in [0.1, 0.15) is 0 Å². The van der Waals surface area contributed by atoms with E-state index in [1.54, 1.807) is 0 Å². The molecule has 0 spiro atoms. The molecule has 0 amide bonds. The summed E-state index contributed by atoms with van der Waals surface area (Å²) in [5.41, 5.74) is 8.96. The van der Waals surface area contributed by atoms with Gasteiger partial charge < -0.3 is 24.8 Å². The quantitative estimate of drug-likeness (QED) is 0.181. The zero-order valence-electron chi connectivity index (χ0n) is 30.7. The number of rotatable bonds is 2. The Kier molecular flexibility index (Phi) is 14.8. The van der Waals surface area contributed by atoms with E-state index in [1.807, 2.05) is 0 Å². The van der Waals surface area contributed by atoms with Crippen molar-refractivity contribution in [3.63, 3.8) is 0 Å². The first kappa shape index (κ1) is 41.7. The summed E-state index contributed by atoms with van der Waals surface area (Å²) in [5.74, 6) is 0.518. The zero-order chi connectivity index (χ0) is 33.9. The SMILES string of the molecule is CC(C)(C)c1ccc2[cH-]c3ccc(C(C)(C)C)cc3c2c1.CC1=[C-]C(C)C=C1C(C)(C)C.[Cl-].[Cl-].[Zr+2]=[C](c1ccccc1)c1ccccc1. The zero-order valence-corrected chi connectivity index (χ0v) is 34.7. The van der Waals surface area contributed by atoms with Crippen molar-refractivity contribution in [2.45, 2.75) is 87.0 Å². The van der Waals surface area contributed by atoms with E-state index >= 15 is 0 Å². The van der Waals surface area contributed by atoms with Crippen LogP contribution in [0, 0.1) is 17.4 Å². The summed E-state index contributed by atoms with van der Waals surface area (Å²) in [5, 5.41) is 5.49. The molecule has 5 aromatic carbocycles. The second-order valence-corrected chi connectivity index (χ2v) is 17.0. The molecule has 5 aromatic rings. The average Bonchev–Trinajstić information content (AvgIpc) is 3.55. The molecule has 1 aliphatic carbocycles. The second-order valence-electron chi connectivity index (χ2n) is 15.7. The standard InChI is InChI=1S/C21H25.C13H10.C11H17.2ClH.Zr/c1-20(2,3)16-9-7-14-11-15-8-10-17(21(4,5)6)13-19(15)18(14)12-16;1-3-7-12(8-4-1)11-13-9-5-2-6-10-13;1-8-6-9(2)10(7-8)11(3,4)5;;;/h7-13H,1-6H3;1-10H;7-8H,1-5H3;2*1H;/q-1;;-1;;;+2/p-2. The van der Waals surface area contributed by atoms with Crippen molar-refractivity contribution >= 4 is 24.8 Å². The fourth-order valence-corrected chi connectivity index (χ4v) is 6.78. The predicted molar refractivity (Wildman–Crippen MR) is 200 cm³/mol. The van der Waals surface area contributed by atoms with E-state index in [-0.39, 0.29) is 35.6 Å². The topological polar surface area (TPSA) is 0 Å². The summed E-state index contributed by atoms with van der Waals surface area (Å²) < 4.78 is 1.42. The summed E-state index contributed by atoms with van der Waals surface area (Å²) in [4.78, 5) is 0. The van der Waals surface area contributed by atoms with Crippen LogP contribution in [0.2, 0.25) is 0 Å². The molecule has 0 saturated heterocycles. The Hall–Kier alpha value is -2.44. The molecule has 6 rings (SSSR count). The molecule has 0 nitrogen and oxygen atoms in total. The van der Waals surface area contributed by atoms with E-state index < -0.39 is 0 Å². The first-order valence-electron chi connectivity index (χ1n) is 16.6. The number of benzene rings is 4. The molecule has 0 N–H and O–H groups in total. The summed E-state index contributed by atoms with van der Waals surface area (Å²) in [6, 6.07) is 37.3. The minimum atomic E-state index is 0. The van der Waals surface area contributed by atoms with Gasteiger partial charge in [-0.3, -0.25) is 6.08 Å². The third kappa shape index (κ3) is 10.8. The molecule has 252 valence electrons. The van der Waals surface area contributed by atoms with Gasteiger partial charge in [0.25, 0.3) is 0 Å². The van der Waals surface area contributed by atoms with E-state index in [4.69, 9.17) is 0 Å². The predicted octanol–water partition coefficient (Wildman–Crippen LogP) is 6.48. The van der Waals surface area contributed by atoms with Gasteiger partial charge in [0.2, 0.25) is 0 Å². The van der Waals surface area contributed by atoms with Crippen LogP contribution in [0.3, 0.4) is 0 Å². The van der Waals surface area contributed by atoms with Crippen molar-refractivity contribution in [3.8, 4) is 0 Å². The van der Waals surface area contributed by atoms with E-state index in [2.05, 4.69) is 191 Å². The van der Waals surface area contributed by atoms with Crippen LogP contribution in [-0.4, -0.2) is 3.21 Å². The molecule has 0 fully saturated rings. The Morgan fingerprint density at radius 1 is 0.604 bits per heavy atom. The number of hydrogen-bond donors (Lipinski definition) is 0. The second kappa shape index (κ2) is 17.0. The molecule has 48 heavy (non-hydrogen) atoms. The van der Waals surface area contributed by atoms with Crippen LogP contribution in [0.5, 0.6) is 0 Å². The van der Waals surface area contributed by atoms with Crippen LogP contribution < -0.4 is 24.8 Å². The fraction of sp³-hybridized carbons (Fsp3) is 0.333. The molecule has 1 unspecified atom stereocenters. The Balaban J connectivity index is 0.000000260. The van der Waals surface area contributed by atoms with Crippen molar-refractivity contribution in [1.29, 1.82) is 0 Å². The first-order valence-corrected chi connectivity index (χ1v) is 17.8. The fourth-order valence-electron chi connectivity index (χ4n) is 5.96. The van der Waals surface area contributed by atoms with Gasteiger partial charge in [-0.2, -0.15) is 11.6 Å². The van der Waals surface area contributed by atoms with E-state index in [0.717, 1.165) is 0 Å². The van der Waals surface area contributed by atoms with Crippen LogP contribution in [0.15, 0.2) is 120 Å². The van der Waals surface area contributed by atoms with E-state index in [1.165, 1.54) is 82.4 Å². The Labute approximate surface area is 318 Å². The maximum absolute atomic E-state index is 3.40. The number of halogens is 2. The van der Waals surface area contributed by atoms with Gasteiger partial charge in [0.05, 0.1) is 0 Å². The van der Waals surface area contributed by atoms with Crippen LogP contribution in [0.4, 0.5) is 0 Å². The molecule has 1 atom stereocenters. The third-order valence-corrected chi connectivity index (χ3v) is 10.1. The van der Waals surface area contributed by atoms with Gasteiger partial charge in [0, 0.05) is 0 Å². The third-order valence-electron chi connectivity index (χ3n) is 8.64. The average molecular weight is 755 g/mol. The summed E-state index contributed by atoms with van der Waals surface area (Å²) in [6.07, 6.45) is 5.71. The van der Waals surface area contributed by atoms with Gasteiger partial charge in [0.15, 0.2) is 0 Å². The van der Waals surface area contributed by atoms with Crippen molar-refractivity contribution in [2.75, 3.05) is 0 Å². The number of allylic oxidation sites excluding steroid dienone is 4. The molecule has 0 aromatic heterocycles. The van der Waals surface area contributed by atoms with Crippen LogP contribution in [0.1, 0.15) is 98.4 Å². The van der Waals surface area contributed by atoms with Crippen LogP contribution >= 0.6 is 0 Å². The molecule has 0 radical (unpaired) electrons. The molecule has 0 heterocycles.